The molecule has 1 aromatic carbocycles. The van der Waals surface area contributed by atoms with Crippen LogP contribution < -0.4 is 16.0 Å². The number of nitrogens with two attached hydrogens (primary N) is 1. The smallest absolute Gasteiger partial charge is 0.202 e. The zero-order valence-electron chi connectivity index (χ0n) is 11.9. The number of hydrogen-bond donors (Lipinski definition) is 4. The highest BCUT2D eigenvalue weighted by atomic mass is 15.3. The van der Waals surface area contributed by atoms with Crippen LogP contribution in [0.1, 0.15) is 30.9 Å². The van der Waals surface area contributed by atoms with E-state index < -0.39 is 0 Å². The first kappa shape index (κ1) is 15.0. The third-order valence-electron chi connectivity index (χ3n) is 3.04. The first-order valence-electron chi connectivity index (χ1n) is 6.49. The normalized spacial score (nSPS) is 10.1. The van der Waals surface area contributed by atoms with Gasteiger partial charge in [-0.05, 0) is 30.9 Å². The SMILES string of the molecule is CCCCc1cccc(C)c1N(C)C(=N)NC(=N)N. The van der Waals surface area contributed by atoms with Gasteiger partial charge in [0.15, 0.2) is 5.96 Å². The van der Waals surface area contributed by atoms with Gasteiger partial charge in [-0.15, -0.1) is 0 Å². The Morgan fingerprint density at radius 2 is 2.05 bits per heavy atom. The molecule has 0 aliphatic heterocycles. The van der Waals surface area contributed by atoms with Gasteiger partial charge in [0.1, 0.15) is 0 Å². The standard InChI is InChI=1S/C14H23N5/c1-4-5-8-11-9-6-7-10(2)12(11)19(3)14(17)18-13(15)16/h6-7,9H,4-5,8H2,1-3H3,(H5,15,16,17,18). The number of anilines is 1. The average Bonchev–Trinajstić information content (AvgIpc) is 2.34. The Balaban J connectivity index is 3.02. The minimum absolute atomic E-state index is 0.111. The van der Waals surface area contributed by atoms with Crippen molar-refractivity contribution in [2.24, 2.45) is 5.73 Å². The van der Waals surface area contributed by atoms with Crippen LogP contribution in [0.15, 0.2) is 18.2 Å². The maximum absolute atomic E-state index is 7.93. The van der Waals surface area contributed by atoms with Gasteiger partial charge in [-0.1, -0.05) is 31.5 Å². The van der Waals surface area contributed by atoms with Crippen molar-refractivity contribution in [1.29, 1.82) is 10.8 Å². The summed E-state index contributed by atoms with van der Waals surface area (Å²) in [7, 11) is 1.82. The number of para-hydroxylation sites is 1. The molecular weight excluding hydrogens is 238 g/mol. The topological polar surface area (TPSA) is 89.0 Å². The van der Waals surface area contributed by atoms with Crippen molar-refractivity contribution in [3.05, 3.63) is 29.3 Å². The fourth-order valence-corrected chi connectivity index (χ4v) is 2.09. The molecule has 104 valence electrons. The summed E-state index contributed by atoms with van der Waals surface area (Å²) in [5.41, 5.74) is 8.63. The van der Waals surface area contributed by atoms with E-state index in [9.17, 15) is 0 Å². The maximum atomic E-state index is 7.93. The Labute approximate surface area is 114 Å². The van der Waals surface area contributed by atoms with E-state index in [1.165, 1.54) is 5.56 Å². The molecule has 0 spiro atoms. The van der Waals surface area contributed by atoms with Crippen molar-refractivity contribution in [3.63, 3.8) is 0 Å². The number of nitrogens with zero attached hydrogens (tertiary/aromatic N) is 1. The first-order valence-corrected chi connectivity index (χ1v) is 6.49. The minimum atomic E-state index is -0.222. The molecule has 5 N–H and O–H groups in total. The van der Waals surface area contributed by atoms with Crippen LogP contribution in [0.4, 0.5) is 5.69 Å². The second kappa shape index (κ2) is 6.78. The zero-order valence-corrected chi connectivity index (χ0v) is 11.9. The molecule has 0 radical (unpaired) electrons. The van der Waals surface area contributed by atoms with Gasteiger partial charge in [0, 0.05) is 12.7 Å². The molecule has 5 nitrogen and oxygen atoms in total. The van der Waals surface area contributed by atoms with Gasteiger partial charge in [-0.25, -0.2) is 0 Å². The molecular formula is C14H23N5. The fourth-order valence-electron chi connectivity index (χ4n) is 2.09. The number of unbranched alkanes of at least 4 members (excludes halogenated alkanes) is 1. The lowest BCUT2D eigenvalue weighted by atomic mass is 10.0. The van der Waals surface area contributed by atoms with Gasteiger partial charge in [-0.3, -0.25) is 16.1 Å². The Morgan fingerprint density at radius 1 is 1.37 bits per heavy atom. The van der Waals surface area contributed by atoms with Gasteiger partial charge in [0.2, 0.25) is 5.96 Å². The second-order valence-corrected chi connectivity index (χ2v) is 4.63. The molecule has 0 aliphatic carbocycles. The highest BCUT2D eigenvalue weighted by Gasteiger charge is 2.14. The molecule has 0 atom stereocenters. The van der Waals surface area contributed by atoms with Crippen molar-refractivity contribution in [1.82, 2.24) is 5.32 Å². The summed E-state index contributed by atoms with van der Waals surface area (Å²) in [6.45, 7) is 4.20. The van der Waals surface area contributed by atoms with E-state index in [1.807, 2.05) is 26.1 Å². The summed E-state index contributed by atoms with van der Waals surface area (Å²) >= 11 is 0. The molecule has 0 aromatic heterocycles. The quantitative estimate of drug-likeness (QED) is 0.495. The van der Waals surface area contributed by atoms with Gasteiger partial charge >= 0.3 is 0 Å². The van der Waals surface area contributed by atoms with Crippen molar-refractivity contribution >= 4 is 17.6 Å². The third kappa shape index (κ3) is 3.98. The summed E-state index contributed by atoms with van der Waals surface area (Å²) in [5, 5.41) is 17.6. The van der Waals surface area contributed by atoms with Gasteiger partial charge in [0.25, 0.3) is 0 Å². The lowest BCUT2D eigenvalue weighted by Gasteiger charge is -2.25. The monoisotopic (exact) mass is 261 g/mol. The summed E-state index contributed by atoms with van der Waals surface area (Å²) in [6.07, 6.45) is 3.25. The Kier molecular flexibility index (Phi) is 5.36. The highest BCUT2D eigenvalue weighted by molar-refractivity contribution is 6.04. The molecule has 1 rings (SSSR count). The van der Waals surface area contributed by atoms with Crippen LogP contribution in [-0.4, -0.2) is 19.0 Å². The Hall–Kier alpha value is -2.04. The molecule has 0 aliphatic rings. The van der Waals surface area contributed by atoms with Crippen molar-refractivity contribution in [2.45, 2.75) is 33.1 Å². The molecule has 0 saturated carbocycles. The fraction of sp³-hybridized carbons (Fsp3) is 0.429. The number of hydrogen-bond acceptors (Lipinski definition) is 2. The molecule has 0 saturated heterocycles. The minimum Gasteiger partial charge on any atom is -0.370 e. The maximum Gasteiger partial charge on any atom is 0.202 e. The molecule has 0 bridgehead atoms. The zero-order chi connectivity index (χ0) is 14.4. The predicted octanol–water partition coefficient (Wildman–Crippen LogP) is 2.19. The van der Waals surface area contributed by atoms with Gasteiger partial charge in [0.05, 0.1) is 0 Å². The Bertz CT molecular complexity index is 467. The average molecular weight is 261 g/mol. The van der Waals surface area contributed by atoms with E-state index in [0.29, 0.717) is 0 Å². The highest BCUT2D eigenvalue weighted by Crippen LogP contribution is 2.25. The lowest BCUT2D eigenvalue weighted by Crippen LogP contribution is -2.44. The number of aryl methyl sites for hydroxylation is 2. The molecule has 0 heterocycles. The Morgan fingerprint density at radius 3 is 2.63 bits per heavy atom. The number of nitrogens with one attached hydrogen (secondary N) is 3. The third-order valence-corrected chi connectivity index (χ3v) is 3.04. The summed E-state index contributed by atoms with van der Waals surface area (Å²) in [5.74, 6) is -0.111. The van der Waals surface area contributed by atoms with E-state index in [4.69, 9.17) is 16.6 Å². The van der Waals surface area contributed by atoms with Crippen LogP contribution in [0, 0.1) is 17.7 Å². The molecule has 0 amide bonds. The summed E-state index contributed by atoms with van der Waals surface area (Å²) in [6, 6.07) is 6.16. The molecule has 5 heteroatoms. The van der Waals surface area contributed by atoms with Crippen LogP contribution in [0.25, 0.3) is 0 Å². The van der Waals surface area contributed by atoms with Crippen molar-refractivity contribution in [3.8, 4) is 0 Å². The van der Waals surface area contributed by atoms with E-state index in [-0.39, 0.29) is 11.9 Å². The van der Waals surface area contributed by atoms with E-state index in [2.05, 4.69) is 18.3 Å². The van der Waals surface area contributed by atoms with Crippen LogP contribution in [0.5, 0.6) is 0 Å². The largest absolute Gasteiger partial charge is 0.370 e. The first-order chi connectivity index (χ1) is 8.97. The van der Waals surface area contributed by atoms with E-state index in [1.54, 1.807) is 4.90 Å². The molecule has 19 heavy (non-hydrogen) atoms. The number of guanidine groups is 2. The molecule has 1 aromatic rings. The van der Waals surface area contributed by atoms with Crippen LogP contribution in [-0.2, 0) is 6.42 Å². The van der Waals surface area contributed by atoms with Gasteiger partial charge < -0.3 is 10.6 Å². The second-order valence-electron chi connectivity index (χ2n) is 4.63. The summed E-state index contributed by atoms with van der Waals surface area (Å²) < 4.78 is 0. The van der Waals surface area contributed by atoms with Crippen LogP contribution in [0.3, 0.4) is 0 Å². The van der Waals surface area contributed by atoms with Crippen molar-refractivity contribution in [2.75, 3.05) is 11.9 Å². The predicted molar refractivity (Wildman–Crippen MR) is 81.0 cm³/mol. The van der Waals surface area contributed by atoms with Crippen LogP contribution >= 0.6 is 0 Å². The van der Waals surface area contributed by atoms with E-state index in [0.717, 1.165) is 30.5 Å². The number of rotatable bonds is 4. The molecule has 0 unspecified atom stereocenters. The van der Waals surface area contributed by atoms with Gasteiger partial charge in [-0.2, -0.15) is 0 Å². The summed E-state index contributed by atoms with van der Waals surface area (Å²) in [4.78, 5) is 1.74. The number of benzene rings is 1. The van der Waals surface area contributed by atoms with E-state index >= 15 is 0 Å². The van der Waals surface area contributed by atoms with Crippen molar-refractivity contribution < 1.29 is 0 Å². The van der Waals surface area contributed by atoms with Crippen LogP contribution in [0.2, 0.25) is 0 Å². The lowest BCUT2D eigenvalue weighted by molar-refractivity contribution is 0.793. The molecule has 0 fully saturated rings.